The van der Waals surface area contributed by atoms with Crippen LogP contribution in [0, 0.1) is 11.8 Å². The number of amides is 1. The van der Waals surface area contributed by atoms with Crippen LogP contribution in [0.4, 0.5) is 5.69 Å². The number of carboxylic acids is 1. The summed E-state index contributed by atoms with van der Waals surface area (Å²) in [6, 6.07) is 5.03. The van der Waals surface area contributed by atoms with E-state index < -0.39 is 5.97 Å². The van der Waals surface area contributed by atoms with Gasteiger partial charge in [0.25, 0.3) is 0 Å². The van der Waals surface area contributed by atoms with Gasteiger partial charge < -0.3 is 10.0 Å². The number of aryl methyl sites for hydroxylation is 1. The van der Waals surface area contributed by atoms with Gasteiger partial charge in [0.05, 0.1) is 5.56 Å². The van der Waals surface area contributed by atoms with Crippen molar-refractivity contribution in [3.05, 3.63) is 29.3 Å². The van der Waals surface area contributed by atoms with Crippen molar-refractivity contribution in [3.63, 3.8) is 0 Å². The van der Waals surface area contributed by atoms with Crippen LogP contribution < -0.4 is 4.90 Å². The number of rotatable bonds is 3. The molecule has 1 unspecified atom stereocenters. The molecule has 1 aromatic carbocycles. The molecule has 1 aliphatic heterocycles. The third-order valence-electron chi connectivity index (χ3n) is 4.10. The van der Waals surface area contributed by atoms with Crippen molar-refractivity contribution in [1.82, 2.24) is 0 Å². The monoisotopic (exact) mass is 275 g/mol. The summed E-state index contributed by atoms with van der Waals surface area (Å²) in [4.78, 5) is 25.4. The zero-order valence-corrected chi connectivity index (χ0v) is 12.2. The van der Waals surface area contributed by atoms with Gasteiger partial charge in [-0.25, -0.2) is 4.79 Å². The van der Waals surface area contributed by atoms with Gasteiger partial charge in [0.1, 0.15) is 0 Å². The summed E-state index contributed by atoms with van der Waals surface area (Å²) >= 11 is 0. The van der Waals surface area contributed by atoms with Crippen LogP contribution >= 0.6 is 0 Å². The van der Waals surface area contributed by atoms with Crippen LogP contribution in [0.1, 0.15) is 43.1 Å². The van der Waals surface area contributed by atoms with Crippen LogP contribution in [-0.4, -0.2) is 23.5 Å². The van der Waals surface area contributed by atoms with Crippen molar-refractivity contribution in [2.45, 2.75) is 33.6 Å². The van der Waals surface area contributed by atoms with Gasteiger partial charge in [-0.15, -0.1) is 0 Å². The van der Waals surface area contributed by atoms with Crippen LogP contribution in [0.15, 0.2) is 18.2 Å². The smallest absolute Gasteiger partial charge is 0.335 e. The first-order valence-electron chi connectivity index (χ1n) is 7.09. The van der Waals surface area contributed by atoms with Crippen molar-refractivity contribution in [2.75, 3.05) is 11.4 Å². The summed E-state index contributed by atoms with van der Waals surface area (Å²) < 4.78 is 0. The molecule has 1 N–H and O–H groups in total. The predicted molar refractivity (Wildman–Crippen MR) is 78.1 cm³/mol. The molecule has 1 atom stereocenters. The van der Waals surface area contributed by atoms with E-state index in [1.807, 2.05) is 25.7 Å². The van der Waals surface area contributed by atoms with Crippen molar-refractivity contribution >= 4 is 17.6 Å². The first-order chi connectivity index (χ1) is 9.41. The van der Waals surface area contributed by atoms with E-state index in [1.54, 1.807) is 18.2 Å². The lowest BCUT2D eigenvalue weighted by molar-refractivity contribution is -0.123. The first-order valence-corrected chi connectivity index (χ1v) is 7.09. The maximum Gasteiger partial charge on any atom is 0.335 e. The van der Waals surface area contributed by atoms with Crippen LogP contribution in [0.25, 0.3) is 0 Å². The first kappa shape index (κ1) is 14.6. The van der Waals surface area contributed by atoms with Gasteiger partial charge in [-0.2, -0.15) is 0 Å². The molecule has 0 fully saturated rings. The normalized spacial score (nSPS) is 15.9. The van der Waals surface area contributed by atoms with E-state index in [0.717, 1.165) is 30.6 Å². The molecule has 0 radical (unpaired) electrons. The largest absolute Gasteiger partial charge is 0.478 e. The Morgan fingerprint density at radius 3 is 2.55 bits per heavy atom. The molecule has 0 saturated heterocycles. The number of nitrogens with zero attached hydrogens (tertiary/aromatic N) is 1. The lowest BCUT2D eigenvalue weighted by Gasteiger charge is -2.32. The average molecular weight is 275 g/mol. The fourth-order valence-electron chi connectivity index (χ4n) is 2.49. The molecule has 0 spiro atoms. The fraction of sp³-hybridized carbons (Fsp3) is 0.500. The minimum absolute atomic E-state index is 0.0277. The standard InChI is InChI=1S/C16H21NO3/c1-10(2)11(3)15(18)17-8-4-5-12-9-13(16(19)20)6-7-14(12)17/h6-7,9-11H,4-5,8H2,1-3H3,(H,19,20). The maximum absolute atomic E-state index is 12.5. The molecule has 1 heterocycles. The van der Waals surface area contributed by atoms with E-state index in [2.05, 4.69) is 0 Å². The van der Waals surface area contributed by atoms with Crippen LogP contribution in [0.5, 0.6) is 0 Å². The molecule has 0 saturated carbocycles. The number of carbonyl (C=O) groups is 2. The van der Waals surface area contributed by atoms with Gasteiger partial charge in [-0.05, 0) is 42.5 Å². The minimum Gasteiger partial charge on any atom is -0.478 e. The summed E-state index contributed by atoms with van der Waals surface area (Å²) in [5.74, 6) is -0.526. The Labute approximate surface area is 119 Å². The molecule has 1 amide bonds. The highest BCUT2D eigenvalue weighted by molar-refractivity contribution is 5.97. The quantitative estimate of drug-likeness (QED) is 0.922. The third-order valence-corrected chi connectivity index (χ3v) is 4.10. The Bertz CT molecular complexity index is 537. The Balaban J connectivity index is 2.33. The molecular formula is C16H21NO3. The van der Waals surface area contributed by atoms with Gasteiger partial charge in [-0.3, -0.25) is 4.79 Å². The summed E-state index contributed by atoms with van der Waals surface area (Å²) in [5.41, 5.74) is 2.12. The van der Waals surface area contributed by atoms with Crippen LogP contribution in [0.2, 0.25) is 0 Å². The van der Waals surface area contributed by atoms with E-state index >= 15 is 0 Å². The fourth-order valence-corrected chi connectivity index (χ4v) is 2.49. The zero-order chi connectivity index (χ0) is 14.9. The van der Waals surface area contributed by atoms with Gasteiger partial charge in [0.2, 0.25) is 5.91 Å². The van der Waals surface area contributed by atoms with Crippen molar-refractivity contribution in [1.29, 1.82) is 0 Å². The second-order valence-corrected chi connectivity index (χ2v) is 5.77. The third kappa shape index (κ3) is 2.69. The van der Waals surface area contributed by atoms with E-state index in [9.17, 15) is 9.59 Å². The molecule has 0 aliphatic carbocycles. The number of aromatic carboxylic acids is 1. The molecular weight excluding hydrogens is 254 g/mol. The van der Waals surface area contributed by atoms with Gasteiger partial charge in [0, 0.05) is 18.2 Å². The SMILES string of the molecule is CC(C)C(C)C(=O)N1CCCc2cc(C(=O)O)ccc21. The van der Waals surface area contributed by atoms with Gasteiger partial charge >= 0.3 is 5.97 Å². The Morgan fingerprint density at radius 2 is 1.95 bits per heavy atom. The Kier molecular flexibility index (Phi) is 4.12. The van der Waals surface area contributed by atoms with E-state index in [1.165, 1.54) is 0 Å². The van der Waals surface area contributed by atoms with Crippen LogP contribution in [0.3, 0.4) is 0 Å². The number of fused-ring (bicyclic) bond motifs is 1. The Morgan fingerprint density at radius 1 is 1.25 bits per heavy atom. The van der Waals surface area contributed by atoms with Crippen molar-refractivity contribution in [3.8, 4) is 0 Å². The molecule has 20 heavy (non-hydrogen) atoms. The lowest BCUT2D eigenvalue weighted by atomic mass is 9.93. The summed E-state index contributed by atoms with van der Waals surface area (Å²) in [7, 11) is 0. The molecule has 0 aromatic heterocycles. The second-order valence-electron chi connectivity index (χ2n) is 5.77. The number of carbonyl (C=O) groups excluding carboxylic acids is 1. The second kappa shape index (κ2) is 5.65. The Hall–Kier alpha value is -1.84. The molecule has 2 rings (SSSR count). The van der Waals surface area contributed by atoms with Crippen molar-refractivity contribution in [2.24, 2.45) is 11.8 Å². The van der Waals surface area contributed by atoms with Crippen LogP contribution in [-0.2, 0) is 11.2 Å². The highest BCUT2D eigenvalue weighted by Gasteiger charge is 2.28. The highest BCUT2D eigenvalue weighted by Crippen LogP contribution is 2.30. The number of anilines is 1. The highest BCUT2D eigenvalue weighted by atomic mass is 16.4. The molecule has 1 aromatic rings. The number of hydrogen-bond donors (Lipinski definition) is 1. The van der Waals surface area contributed by atoms with Gasteiger partial charge in [-0.1, -0.05) is 20.8 Å². The van der Waals surface area contributed by atoms with Crippen molar-refractivity contribution < 1.29 is 14.7 Å². The zero-order valence-electron chi connectivity index (χ0n) is 12.2. The molecule has 108 valence electrons. The van der Waals surface area contributed by atoms with E-state index in [0.29, 0.717) is 5.92 Å². The molecule has 4 heteroatoms. The number of carboxylic acid groups (broad SMARTS) is 1. The van der Waals surface area contributed by atoms with E-state index in [4.69, 9.17) is 5.11 Å². The molecule has 0 bridgehead atoms. The van der Waals surface area contributed by atoms with E-state index in [-0.39, 0.29) is 17.4 Å². The number of hydrogen-bond acceptors (Lipinski definition) is 2. The average Bonchev–Trinajstić information content (AvgIpc) is 2.44. The molecule has 1 aliphatic rings. The van der Waals surface area contributed by atoms with Gasteiger partial charge in [0.15, 0.2) is 0 Å². The maximum atomic E-state index is 12.5. The molecule has 4 nitrogen and oxygen atoms in total. The topological polar surface area (TPSA) is 57.6 Å². The number of benzene rings is 1. The predicted octanol–water partition coefficient (Wildman–Crippen LogP) is 2.96. The summed E-state index contributed by atoms with van der Waals surface area (Å²) in [6.07, 6.45) is 1.71. The minimum atomic E-state index is -0.924. The lowest BCUT2D eigenvalue weighted by Crippen LogP contribution is -2.40. The summed E-state index contributed by atoms with van der Waals surface area (Å²) in [5, 5.41) is 9.04. The summed E-state index contributed by atoms with van der Waals surface area (Å²) in [6.45, 7) is 6.75.